The first-order valence-electron chi connectivity index (χ1n) is 10.8. The number of nitrogens with zero attached hydrogens (tertiary/aromatic N) is 3. The number of benzene rings is 1. The number of rotatable bonds is 6. The van der Waals surface area contributed by atoms with E-state index in [1.807, 2.05) is 44.2 Å². The molecule has 1 aliphatic heterocycles. The van der Waals surface area contributed by atoms with Crippen molar-refractivity contribution >= 4 is 29.4 Å². The lowest BCUT2D eigenvalue weighted by Gasteiger charge is -2.38. The number of halogens is 4. The smallest absolute Gasteiger partial charge is 0.417 e. The van der Waals surface area contributed by atoms with Crippen molar-refractivity contribution in [2.24, 2.45) is 5.92 Å². The van der Waals surface area contributed by atoms with Gasteiger partial charge in [0.2, 0.25) is 5.91 Å². The molecule has 2 aromatic rings. The third kappa shape index (κ3) is 6.53. The number of carbonyl (C=O) groups excluding carboxylic acids is 2. The Morgan fingerprint density at radius 3 is 2.35 bits per heavy atom. The molecule has 1 N–H and O–H groups in total. The van der Waals surface area contributed by atoms with E-state index < -0.39 is 23.9 Å². The normalized spacial score (nSPS) is 15.3. The van der Waals surface area contributed by atoms with Crippen molar-refractivity contribution in [1.29, 1.82) is 0 Å². The molecule has 0 radical (unpaired) electrons. The Labute approximate surface area is 200 Å². The first-order chi connectivity index (χ1) is 16.1. The standard InChI is InChI=1S/C23H26ClF3N4O3/c1-15(2)19(29-22(33)34-14-16-6-4-3-5-7-16)21(32)31-10-8-30(9-11-31)20-18(24)12-17(13-28-20)23(25,26)27/h3-7,12-13,15,19H,8-11,14H2,1-2H3,(H,29,33)/t19-/m0/s1. The molecule has 7 nitrogen and oxygen atoms in total. The van der Waals surface area contributed by atoms with Gasteiger partial charge < -0.3 is 19.9 Å². The fourth-order valence-corrected chi connectivity index (χ4v) is 3.84. The zero-order valence-electron chi connectivity index (χ0n) is 18.8. The minimum absolute atomic E-state index is 0.0885. The summed E-state index contributed by atoms with van der Waals surface area (Å²) in [7, 11) is 0. The second kappa shape index (κ2) is 10.9. The Morgan fingerprint density at radius 1 is 1.15 bits per heavy atom. The maximum atomic E-state index is 13.1. The number of nitrogens with one attached hydrogen (secondary N) is 1. The molecule has 1 saturated heterocycles. The molecule has 184 valence electrons. The molecule has 1 aromatic heterocycles. The largest absolute Gasteiger partial charge is 0.445 e. The van der Waals surface area contributed by atoms with Crippen LogP contribution in [0.5, 0.6) is 0 Å². The van der Waals surface area contributed by atoms with Crippen molar-refractivity contribution < 1.29 is 27.5 Å². The summed E-state index contributed by atoms with van der Waals surface area (Å²) in [5.74, 6) is -0.191. The van der Waals surface area contributed by atoms with E-state index >= 15 is 0 Å². The van der Waals surface area contributed by atoms with E-state index in [9.17, 15) is 22.8 Å². The van der Waals surface area contributed by atoms with Crippen molar-refractivity contribution in [3.05, 3.63) is 58.7 Å². The zero-order chi connectivity index (χ0) is 24.9. The monoisotopic (exact) mass is 498 g/mol. The molecule has 0 saturated carbocycles. The number of alkyl halides is 3. The van der Waals surface area contributed by atoms with Crippen LogP contribution in [0.2, 0.25) is 5.02 Å². The number of aromatic nitrogens is 1. The number of carbonyl (C=O) groups is 2. The van der Waals surface area contributed by atoms with Gasteiger partial charge in [0.1, 0.15) is 18.5 Å². The van der Waals surface area contributed by atoms with Crippen molar-refractivity contribution in [3.63, 3.8) is 0 Å². The van der Waals surface area contributed by atoms with Crippen LogP contribution in [0.15, 0.2) is 42.6 Å². The highest BCUT2D eigenvalue weighted by molar-refractivity contribution is 6.33. The lowest BCUT2D eigenvalue weighted by atomic mass is 10.0. The van der Waals surface area contributed by atoms with Crippen molar-refractivity contribution in [2.45, 2.75) is 32.7 Å². The lowest BCUT2D eigenvalue weighted by Crippen LogP contribution is -2.56. The predicted molar refractivity (Wildman–Crippen MR) is 121 cm³/mol. The molecule has 1 aromatic carbocycles. The minimum Gasteiger partial charge on any atom is -0.445 e. The van der Waals surface area contributed by atoms with Gasteiger partial charge >= 0.3 is 12.3 Å². The summed E-state index contributed by atoms with van der Waals surface area (Å²) in [6, 6.07) is 9.27. The number of hydrogen-bond acceptors (Lipinski definition) is 5. The van der Waals surface area contributed by atoms with E-state index in [1.165, 1.54) is 0 Å². The topological polar surface area (TPSA) is 74.8 Å². The highest BCUT2D eigenvalue weighted by Crippen LogP contribution is 2.33. The molecule has 0 bridgehead atoms. The van der Waals surface area contributed by atoms with E-state index in [0.29, 0.717) is 26.2 Å². The van der Waals surface area contributed by atoms with Crippen molar-refractivity contribution in [3.8, 4) is 0 Å². The highest BCUT2D eigenvalue weighted by Gasteiger charge is 2.34. The summed E-state index contributed by atoms with van der Waals surface area (Å²) < 4.78 is 43.8. The van der Waals surface area contributed by atoms with Crippen LogP contribution in [0.4, 0.5) is 23.8 Å². The van der Waals surface area contributed by atoms with Crippen LogP contribution in [0.25, 0.3) is 0 Å². The maximum Gasteiger partial charge on any atom is 0.417 e. The first-order valence-corrected chi connectivity index (χ1v) is 11.2. The number of hydrogen-bond donors (Lipinski definition) is 1. The van der Waals surface area contributed by atoms with Crippen LogP contribution >= 0.6 is 11.6 Å². The second-order valence-electron chi connectivity index (χ2n) is 8.27. The van der Waals surface area contributed by atoms with Gasteiger partial charge in [-0.05, 0) is 17.5 Å². The molecule has 34 heavy (non-hydrogen) atoms. The average molecular weight is 499 g/mol. The molecular formula is C23H26ClF3N4O3. The number of pyridine rings is 1. The van der Waals surface area contributed by atoms with Crippen LogP contribution in [-0.2, 0) is 22.3 Å². The Hall–Kier alpha value is -3.01. The summed E-state index contributed by atoms with van der Waals surface area (Å²) in [6.45, 7) is 5.03. The van der Waals surface area contributed by atoms with Gasteiger partial charge in [-0.1, -0.05) is 55.8 Å². The maximum absolute atomic E-state index is 13.1. The third-order valence-corrected chi connectivity index (χ3v) is 5.74. The van der Waals surface area contributed by atoms with Crippen LogP contribution in [-0.4, -0.2) is 54.1 Å². The summed E-state index contributed by atoms with van der Waals surface area (Å²) >= 11 is 6.04. The van der Waals surface area contributed by atoms with Crippen LogP contribution in [0.1, 0.15) is 25.0 Å². The Bertz CT molecular complexity index is 997. The van der Waals surface area contributed by atoms with Gasteiger partial charge in [-0.3, -0.25) is 4.79 Å². The van der Waals surface area contributed by atoms with E-state index in [1.54, 1.807) is 9.80 Å². The minimum atomic E-state index is -4.53. The van der Waals surface area contributed by atoms with E-state index in [0.717, 1.165) is 17.8 Å². The molecule has 1 fully saturated rings. The SMILES string of the molecule is CC(C)[C@H](NC(=O)OCc1ccccc1)C(=O)N1CCN(c2ncc(C(F)(F)F)cc2Cl)CC1. The summed E-state index contributed by atoms with van der Waals surface area (Å²) in [4.78, 5) is 32.6. The molecular weight excluding hydrogens is 473 g/mol. The van der Waals surface area contributed by atoms with Crippen LogP contribution in [0, 0.1) is 5.92 Å². The quantitative estimate of drug-likeness (QED) is 0.641. The molecule has 2 heterocycles. The van der Waals surface area contributed by atoms with Crippen molar-refractivity contribution in [2.75, 3.05) is 31.1 Å². The number of ether oxygens (including phenoxy) is 1. The molecule has 3 rings (SSSR count). The van der Waals surface area contributed by atoms with E-state index in [4.69, 9.17) is 16.3 Å². The number of anilines is 1. The molecule has 1 atom stereocenters. The Kier molecular flexibility index (Phi) is 8.24. The first kappa shape index (κ1) is 25.6. The Morgan fingerprint density at radius 2 is 1.79 bits per heavy atom. The zero-order valence-corrected chi connectivity index (χ0v) is 19.6. The van der Waals surface area contributed by atoms with Gasteiger partial charge in [-0.2, -0.15) is 13.2 Å². The Balaban J connectivity index is 1.56. The van der Waals surface area contributed by atoms with Gasteiger partial charge in [-0.15, -0.1) is 0 Å². The molecule has 11 heteroatoms. The number of alkyl carbamates (subject to hydrolysis) is 1. The fraction of sp³-hybridized carbons (Fsp3) is 0.435. The van der Waals surface area contributed by atoms with Crippen LogP contribution in [0.3, 0.4) is 0 Å². The second-order valence-corrected chi connectivity index (χ2v) is 8.67. The predicted octanol–water partition coefficient (Wildman–Crippen LogP) is 4.35. The van der Waals surface area contributed by atoms with Gasteiger partial charge in [-0.25, -0.2) is 9.78 Å². The van der Waals surface area contributed by atoms with Gasteiger partial charge in [0, 0.05) is 32.4 Å². The third-order valence-electron chi connectivity index (χ3n) is 5.46. The van der Waals surface area contributed by atoms with E-state index in [2.05, 4.69) is 10.3 Å². The number of piperazine rings is 1. The summed E-state index contributed by atoms with van der Waals surface area (Å²) in [6.07, 6.45) is -4.46. The molecule has 0 spiro atoms. The molecule has 0 aliphatic carbocycles. The summed E-state index contributed by atoms with van der Waals surface area (Å²) in [5.41, 5.74) is -0.0863. The molecule has 0 unspecified atom stereocenters. The average Bonchev–Trinajstić information content (AvgIpc) is 2.81. The van der Waals surface area contributed by atoms with Gasteiger partial charge in [0.25, 0.3) is 0 Å². The van der Waals surface area contributed by atoms with Crippen LogP contribution < -0.4 is 10.2 Å². The molecule has 1 aliphatic rings. The van der Waals surface area contributed by atoms with Gasteiger partial charge in [0.15, 0.2) is 0 Å². The molecule has 2 amide bonds. The van der Waals surface area contributed by atoms with E-state index in [-0.39, 0.29) is 29.3 Å². The fourth-order valence-electron chi connectivity index (χ4n) is 3.56. The highest BCUT2D eigenvalue weighted by atomic mass is 35.5. The lowest BCUT2D eigenvalue weighted by molar-refractivity contribution is -0.138. The van der Waals surface area contributed by atoms with Crippen molar-refractivity contribution in [1.82, 2.24) is 15.2 Å². The number of amides is 2. The van der Waals surface area contributed by atoms with Gasteiger partial charge in [0.05, 0.1) is 10.6 Å². The summed E-state index contributed by atoms with van der Waals surface area (Å²) in [5, 5.41) is 2.55.